The first-order valence-corrected chi connectivity index (χ1v) is 12.9. The quantitative estimate of drug-likeness (QED) is 0.594. The Labute approximate surface area is 217 Å². The first-order chi connectivity index (χ1) is 16.4. The van der Waals surface area contributed by atoms with Crippen LogP contribution in [-0.2, 0) is 14.4 Å². The highest BCUT2D eigenvalue weighted by Crippen LogP contribution is 2.38. The number of aliphatic hydroxyl groups is 1. The molecule has 0 aromatic heterocycles. The van der Waals surface area contributed by atoms with Crippen molar-refractivity contribution in [3.05, 3.63) is 39.9 Å². The van der Waals surface area contributed by atoms with Gasteiger partial charge < -0.3 is 19.8 Å². The van der Waals surface area contributed by atoms with Crippen LogP contribution in [0.5, 0.6) is 0 Å². The Hall–Kier alpha value is -2.09. The number of piperidine rings is 1. The number of rotatable bonds is 5. The lowest BCUT2D eigenvalue weighted by Gasteiger charge is -2.46. The van der Waals surface area contributed by atoms with Gasteiger partial charge in [-0.25, -0.2) is 0 Å². The molecule has 2 fully saturated rings. The average molecular weight is 524 g/mol. The van der Waals surface area contributed by atoms with Gasteiger partial charge in [-0.05, 0) is 42.0 Å². The highest BCUT2D eigenvalue weighted by atomic mass is 35.5. The molecule has 2 saturated heterocycles. The third-order valence-corrected chi connectivity index (χ3v) is 7.94. The van der Waals surface area contributed by atoms with Crippen LogP contribution in [0.4, 0.5) is 0 Å². The molecule has 3 amide bonds. The van der Waals surface area contributed by atoms with Gasteiger partial charge in [0.1, 0.15) is 0 Å². The molecule has 0 saturated carbocycles. The molecule has 0 unspecified atom stereocenters. The number of hydrogen-bond donors (Lipinski definition) is 1. The summed E-state index contributed by atoms with van der Waals surface area (Å²) in [7, 11) is 0. The average Bonchev–Trinajstić information content (AvgIpc) is 2.99. The van der Waals surface area contributed by atoms with Gasteiger partial charge in [0, 0.05) is 58.2 Å². The predicted molar refractivity (Wildman–Crippen MR) is 138 cm³/mol. The van der Waals surface area contributed by atoms with Gasteiger partial charge in [0.25, 0.3) is 0 Å². The van der Waals surface area contributed by atoms with Crippen molar-refractivity contribution in [2.75, 3.05) is 39.3 Å². The molecular formula is C26H35Cl2N3O4. The Morgan fingerprint density at radius 3 is 2.34 bits per heavy atom. The molecule has 0 atom stereocenters. The molecule has 9 heteroatoms. The number of hydrogen-bond acceptors (Lipinski definition) is 4. The molecule has 35 heavy (non-hydrogen) atoms. The lowest BCUT2D eigenvalue weighted by atomic mass is 9.71. The van der Waals surface area contributed by atoms with Gasteiger partial charge in [-0.1, -0.05) is 50.0 Å². The van der Waals surface area contributed by atoms with Crippen LogP contribution in [0.2, 0.25) is 10.0 Å². The third-order valence-electron chi connectivity index (χ3n) is 7.20. The zero-order valence-corrected chi connectivity index (χ0v) is 22.2. The lowest BCUT2D eigenvalue weighted by Crippen LogP contribution is -2.53. The summed E-state index contributed by atoms with van der Waals surface area (Å²) in [5, 5.41) is 11.7. The van der Waals surface area contributed by atoms with Crippen LogP contribution in [0.25, 0.3) is 6.08 Å². The van der Waals surface area contributed by atoms with Gasteiger partial charge in [-0.2, -0.15) is 0 Å². The molecule has 1 aromatic carbocycles. The van der Waals surface area contributed by atoms with Crippen LogP contribution in [0.3, 0.4) is 0 Å². The summed E-state index contributed by atoms with van der Waals surface area (Å²) in [6, 6.07) is 5.13. The van der Waals surface area contributed by atoms with Crippen molar-refractivity contribution >= 4 is 47.0 Å². The van der Waals surface area contributed by atoms with Crippen molar-refractivity contribution in [3.8, 4) is 0 Å². The van der Waals surface area contributed by atoms with Gasteiger partial charge in [0.05, 0.1) is 15.6 Å². The Bertz CT molecular complexity index is 981. The van der Waals surface area contributed by atoms with Crippen LogP contribution < -0.4 is 0 Å². The summed E-state index contributed by atoms with van der Waals surface area (Å²) >= 11 is 11.9. The zero-order chi connectivity index (χ0) is 25.8. The molecule has 2 heterocycles. The van der Waals surface area contributed by atoms with Crippen molar-refractivity contribution in [1.29, 1.82) is 0 Å². The maximum atomic E-state index is 12.7. The molecule has 1 N–H and O–H groups in total. The Kier molecular flexibility index (Phi) is 8.89. The van der Waals surface area contributed by atoms with Gasteiger partial charge >= 0.3 is 0 Å². The maximum Gasteiger partial charge on any atom is 0.246 e. The molecule has 0 spiro atoms. The van der Waals surface area contributed by atoms with E-state index >= 15 is 0 Å². The van der Waals surface area contributed by atoms with Crippen LogP contribution in [0, 0.1) is 5.41 Å². The Morgan fingerprint density at radius 1 is 1.03 bits per heavy atom. The summed E-state index contributed by atoms with van der Waals surface area (Å²) in [6.45, 7) is 8.58. The second kappa shape index (κ2) is 11.3. The summed E-state index contributed by atoms with van der Waals surface area (Å²) in [5.41, 5.74) is -0.243. The third kappa shape index (κ3) is 6.99. The minimum Gasteiger partial charge on any atom is -0.389 e. The second-order valence-electron chi connectivity index (χ2n) is 10.4. The van der Waals surface area contributed by atoms with Crippen molar-refractivity contribution in [1.82, 2.24) is 14.7 Å². The van der Waals surface area contributed by atoms with Crippen LogP contribution in [0.15, 0.2) is 24.3 Å². The fourth-order valence-corrected chi connectivity index (χ4v) is 4.78. The molecule has 0 aliphatic carbocycles. The van der Waals surface area contributed by atoms with Gasteiger partial charge in [-0.3, -0.25) is 14.4 Å². The Balaban J connectivity index is 1.48. The van der Waals surface area contributed by atoms with Gasteiger partial charge in [0.2, 0.25) is 17.7 Å². The normalized spacial score (nSPS) is 19.3. The minimum absolute atomic E-state index is 0.00417. The maximum absolute atomic E-state index is 12.7. The van der Waals surface area contributed by atoms with E-state index in [1.165, 1.54) is 6.08 Å². The van der Waals surface area contributed by atoms with E-state index in [4.69, 9.17) is 23.2 Å². The SMILES string of the molecule is CC(C)(C)C1(O)CCN(C(=O)CCN2CCN(C(=O)C=Cc3ccc(Cl)c(Cl)c3)CCC2=O)CC1. The molecule has 1 aromatic rings. The number of likely N-dealkylation sites (tertiary alicyclic amines) is 1. The fourth-order valence-electron chi connectivity index (χ4n) is 4.48. The monoisotopic (exact) mass is 523 g/mol. The summed E-state index contributed by atoms with van der Waals surface area (Å²) < 4.78 is 0. The van der Waals surface area contributed by atoms with E-state index < -0.39 is 5.60 Å². The first kappa shape index (κ1) is 27.5. The number of nitrogens with zero attached hydrogens (tertiary/aromatic N) is 3. The van der Waals surface area contributed by atoms with Crippen molar-refractivity contribution in [2.24, 2.45) is 5.41 Å². The smallest absolute Gasteiger partial charge is 0.246 e. The van der Waals surface area contributed by atoms with Crippen molar-refractivity contribution in [3.63, 3.8) is 0 Å². The number of carbonyl (C=O) groups is 3. The number of benzene rings is 1. The van der Waals surface area contributed by atoms with E-state index in [0.29, 0.717) is 62.2 Å². The molecule has 2 aliphatic rings. The molecule has 0 bridgehead atoms. The highest BCUT2D eigenvalue weighted by molar-refractivity contribution is 6.42. The van der Waals surface area contributed by atoms with E-state index in [-0.39, 0.29) is 36.0 Å². The van der Waals surface area contributed by atoms with Crippen LogP contribution in [-0.4, -0.2) is 82.4 Å². The molecule has 3 rings (SSSR count). The topological polar surface area (TPSA) is 81.2 Å². The van der Waals surface area contributed by atoms with Crippen molar-refractivity contribution < 1.29 is 19.5 Å². The second-order valence-corrected chi connectivity index (χ2v) is 11.2. The van der Waals surface area contributed by atoms with Gasteiger partial charge in [0.15, 0.2) is 0 Å². The largest absolute Gasteiger partial charge is 0.389 e. The highest BCUT2D eigenvalue weighted by Gasteiger charge is 2.43. The van der Waals surface area contributed by atoms with E-state index in [0.717, 1.165) is 5.56 Å². The predicted octanol–water partition coefficient (Wildman–Crippen LogP) is 3.86. The lowest BCUT2D eigenvalue weighted by molar-refractivity contribution is -0.142. The van der Waals surface area contributed by atoms with E-state index in [9.17, 15) is 19.5 Å². The minimum atomic E-state index is -0.769. The number of carbonyl (C=O) groups excluding carboxylic acids is 3. The summed E-state index contributed by atoms with van der Waals surface area (Å²) in [4.78, 5) is 43.1. The Morgan fingerprint density at radius 2 is 1.71 bits per heavy atom. The van der Waals surface area contributed by atoms with E-state index in [1.807, 2.05) is 20.8 Å². The summed E-state index contributed by atoms with van der Waals surface area (Å²) in [6.07, 6.45) is 4.72. The molecule has 192 valence electrons. The first-order valence-electron chi connectivity index (χ1n) is 12.1. The van der Waals surface area contributed by atoms with Crippen molar-refractivity contribution in [2.45, 2.75) is 52.1 Å². The summed E-state index contributed by atoms with van der Waals surface area (Å²) in [5.74, 6) is -0.237. The van der Waals surface area contributed by atoms with Crippen LogP contribution >= 0.6 is 23.2 Å². The molecule has 7 nitrogen and oxygen atoms in total. The number of halogens is 2. The number of amides is 3. The van der Waals surface area contributed by atoms with E-state index in [2.05, 4.69) is 0 Å². The fraction of sp³-hybridized carbons (Fsp3) is 0.577. The molecule has 0 radical (unpaired) electrons. The molecular weight excluding hydrogens is 489 g/mol. The molecule has 2 aliphatic heterocycles. The zero-order valence-electron chi connectivity index (χ0n) is 20.7. The standard InChI is InChI=1S/C26H35Cl2N3O4/c1-25(2,3)26(35)10-14-31(15-11-26)24(34)9-13-30-17-16-29(12-8-23(30)33)22(32)7-5-19-4-6-20(27)21(28)18-19/h4-7,18,35H,8-17H2,1-3H3. The van der Waals surface area contributed by atoms with E-state index in [1.54, 1.807) is 39.0 Å². The van der Waals surface area contributed by atoms with Gasteiger partial charge in [-0.15, -0.1) is 0 Å². The van der Waals surface area contributed by atoms with Crippen LogP contribution in [0.1, 0.15) is 52.0 Å².